The Hall–Kier alpha value is -0.180. The molecule has 0 saturated heterocycles. The highest BCUT2D eigenvalue weighted by molar-refractivity contribution is 8.01. The van der Waals surface area contributed by atoms with Crippen LogP contribution in [0, 0.1) is 5.92 Å². The fraction of sp³-hybridized carbons (Fsp3) is 0.364. The van der Waals surface area contributed by atoms with Crippen molar-refractivity contribution in [2.45, 2.75) is 19.8 Å². The molecule has 0 aliphatic heterocycles. The Morgan fingerprint density at radius 3 is 2.69 bits per heavy atom. The van der Waals surface area contributed by atoms with Crippen LogP contribution >= 0.6 is 16.8 Å². The molecular weight excluding hydrogens is 194 g/mol. The van der Waals surface area contributed by atoms with Gasteiger partial charge in [0.25, 0.3) is 0 Å². The lowest BCUT2D eigenvalue weighted by Crippen LogP contribution is -1.96. The summed E-state index contributed by atoms with van der Waals surface area (Å²) >= 11 is 0. The maximum Gasteiger partial charge on any atom is -0.0300 e. The Morgan fingerprint density at radius 1 is 1.38 bits per heavy atom. The summed E-state index contributed by atoms with van der Waals surface area (Å²) < 4.78 is 0. The summed E-state index contributed by atoms with van der Waals surface area (Å²) in [5.41, 5.74) is 1.42. The van der Waals surface area contributed by atoms with E-state index in [1.807, 2.05) is 0 Å². The maximum atomic E-state index is 3.38. The molecule has 0 N–H and O–H groups in total. The van der Waals surface area contributed by atoms with Gasteiger partial charge in [0.2, 0.25) is 0 Å². The molecule has 0 aliphatic carbocycles. The predicted molar refractivity (Wildman–Crippen MR) is 64.2 cm³/mol. The number of benzene rings is 1. The lowest BCUT2D eigenvalue weighted by Gasteiger charge is -2.19. The molecular formula is C11H14P2-2. The van der Waals surface area contributed by atoms with Crippen molar-refractivity contribution >= 4 is 22.6 Å². The van der Waals surface area contributed by atoms with Crippen LogP contribution in [0.5, 0.6) is 0 Å². The second kappa shape index (κ2) is 6.30. The van der Waals surface area contributed by atoms with Gasteiger partial charge in [0, 0.05) is 0 Å². The van der Waals surface area contributed by atoms with Crippen LogP contribution in [0.2, 0.25) is 0 Å². The minimum Gasteiger partial charge on any atom is -0.538 e. The van der Waals surface area contributed by atoms with Gasteiger partial charge in [-0.25, -0.2) is 0 Å². The lowest BCUT2D eigenvalue weighted by molar-refractivity contribution is 0.700. The van der Waals surface area contributed by atoms with E-state index in [0.717, 1.165) is 14.3 Å². The van der Waals surface area contributed by atoms with E-state index in [-0.39, 0.29) is 0 Å². The zero-order valence-corrected chi connectivity index (χ0v) is 9.72. The average molecular weight is 208 g/mol. The SMILES string of the molecule is CC([C-]=P[PH-])CCc1ccccc1. The van der Waals surface area contributed by atoms with Crippen LogP contribution in [0.15, 0.2) is 30.3 Å². The second-order valence-electron chi connectivity index (χ2n) is 3.17. The first-order chi connectivity index (χ1) is 6.33. The molecule has 0 spiro atoms. The molecule has 0 heterocycles. The van der Waals surface area contributed by atoms with Crippen molar-refractivity contribution in [3.05, 3.63) is 35.9 Å². The highest BCUT2D eigenvalue weighted by Gasteiger charge is 1.90. The standard InChI is InChI=1S/C11H14P2/c1-10(9-13-12)7-8-11-5-3-2-4-6-11/h2-6,10,12H,7-8H2,1H3/q-2. The lowest BCUT2D eigenvalue weighted by atomic mass is 10.0. The van der Waals surface area contributed by atoms with E-state index >= 15 is 0 Å². The first-order valence-corrected chi connectivity index (χ1v) is 6.72. The first kappa shape index (κ1) is 10.9. The van der Waals surface area contributed by atoms with Gasteiger partial charge in [0.05, 0.1) is 0 Å². The van der Waals surface area contributed by atoms with Crippen LogP contribution < -0.4 is 0 Å². The number of hydrogen-bond acceptors (Lipinski definition) is 0. The molecule has 0 nitrogen and oxygen atoms in total. The van der Waals surface area contributed by atoms with Crippen LogP contribution in [0.1, 0.15) is 18.9 Å². The predicted octanol–water partition coefficient (Wildman–Crippen LogP) is 3.94. The number of hydrogen-bond donors (Lipinski definition) is 0. The molecule has 0 amide bonds. The van der Waals surface area contributed by atoms with E-state index in [2.05, 4.69) is 52.0 Å². The Labute approximate surface area is 84.7 Å². The molecule has 0 bridgehead atoms. The van der Waals surface area contributed by atoms with Crippen molar-refractivity contribution in [3.8, 4) is 0 Å². The fourth-order valence-electron chi connectivity index (χ4n) is 1.20. The van der Waals surface area contributed by atoms with Crippen molar-refractivity contribution in [2.75, 3.05) is 0 Å². The molecule has 1 atom stereocenters. The molecule has 2 heteroatoms. The summed E-state index contributed by atoms with van der Waals surface area (Å²) in [6.45, 7) is 2.20. The normalized spacial score (nSPS) is 13.4. The first-order valence-electron chi connectivity index (χ1n) is 4.49. The van der Waals surface area contributed by atoms with E-state index in [9.17, 15) is 0 Å². The summed E-state index contributed by atoms with van der Waals surface area (Å²) in [7, 11) is 4.46. The molecule has 0 saturated carbocycles. The van der Waals surface area contributed by atoms with Gasteiger partial charge in [0.15, 0.2) is 0 Å². The van der Waals surface area contributed by atoms with E-state index in [4.69, 9.17) is 0 Å². The number of rotatable bonds is 4. The Balaban J connectivity index is 2.35. The average Bonchev–Trinajstić information content (AvgIpc) is 2.17. The van der Waals surface area contributed by atoms with Gasteiger partial charge in [-0.15, -0.1) is 0 Å². The molecule has 0 radical (unpaired) electrons. The van der Waals surface area contributed by atoms with E-state index in [1.165, 1.54) is 12.0 Å². The second-order valence-corrected chi connectivity index (χ2v) is 4.32. The van der Waals surface area contributed by atoms with Gasteiger partial charge in [-0.3, -0.25) is 0 Å². The molecule has 1 unspecified atom stereocenters. The topological polar surface area (TPSA) is 0 Å². The minimum atomic E-state index is 0.569. The Kier molecular flexibility index (Phi) is 5.28. The zero-order chi connectivity index (χ0) is 9.52. The van der Waals surface area contributed by atoms with E-state index in [0.29, 0.717) is 5.92 Å². The van der Waals surface area contributed by atoms with Crippen LogP contribution in [-0.2, 0) is 6.42 Å². The quantitative estimate of drug-likeness (QED) is 0.519. The van der Waals surface area contributed by atoms with Gasteiger partial charge >= 0.3 is 0 Å². The monoisotopic (exact) mass is 208 g/mol. The van der Waals surface area contributed by atoms with Crippen molar-refractivity contribution in [1.29, 1.82) is 0 Å². The fourth-order valence-corrected chi connectivity index (χ4v) is 2.21. The molecule has 1 aromatic rings. The smallest absolute Gasteiger partial charge is 0.0300 e. The summed E-state index contributed by atoms with van der Waals surface area (Å²) in [5.74, 6) is 3.87. The molecule has 13 heavy (non-hydrogen) atoms. The molecule has 0 aliphatic rings. The largest absolute Gasteiger partial charge is 0.538 e. The van der Waals surface area contributed by atoms with Crippen LogP contribution in [0.25, 0.3) is 0 Å². The van der Waals surface area contributed by atoms with Crippen LogP contribution in [0.3, 0.4) is 0 Å². The Morgan fingerprint density at radius 2 is 2.08 bits per heavy atom. The van der Waals surface area contributed by atoms with Gasteiger partial charge in [-0.05, 0) is 12.0 Å². The maximum absolute atomic E-state index is 3.38. The third-order valence-electron chi connectivity index (χ3n) is 1.99. The minimum absolute atomic E-state index is 0.569. The van der Waals surface area contributed by atoms with Gasteiger partial charge in [-0.2, -0.15) is 5.92 Å². The summed E-state index contributed by atoms with van der Waals surface area (Å²) in [5, 5.41) is 0. The van der Waals surface area contributed by atoms with E-state index < -0.39 is 0 Å². The Bertz CT molecular complexity index is 254. The highest BCUT2D eigenvalue weighted by Crippen LogP contribution is 2.13. The van der Waals surface area contributed by atoms with Gasteiger partial charge in [0.1, 0.15) is 0 Å². The summed E-state index contributed by atoms with van der Waals surface area (Å²) in [6.07, 6.45) is 2.33. The van der Waals surface area contributed by atoms with Crippen LogP contribution in [0.4, 0.5) is 0 Å². The third-order valence-corrected chi connectivity index (χ3v) is 2.95. The van der Waals surface area contributed by atoms with Gasteiger partial charge in [-0.1, -0.05) is 43.7 Å². The number of aryl methyl sites for hydroxylation is 1. The van der Waals surface area contributed by atoms with Crippen molar-refractivity contribution in [1.82, 2.24) is 0 Å². The molecule has 1 rings (SSSR count). The summed E-state index contributed by atoms with van der Waals surface area (Å²) in [4.78, 5) is 0. The molecule has 70 valence electrons. The summed E-state index contributed by atoms with van der Waals surface area (Å²) in [6, 6.07) is 10.6. The van der Waals surface area contributed by atoms with Crippen LogP contribution in [-0.4, -0.2) is 5.80 Å². The molecule has 1 aromatic carbocycles. The zero-order valence-electron chi connectivity index (χ0n) is 7.83. The van der Waals surface area contributed by atoms with Crippen molar-refractivity contribution < 1.29 is 0 Å². The molecule has 0 aromatic heterocycles. The van der Waals surface area contributed by atoms with Gasteiger partial charge < -0.3 is 22.6 Å². The third kappa shape index (κ3) is 4.55. The van der Waals surface area contributed by atoms with Crippen molar-refractivity contribution in [3.63, 3.8) is 0 Å². The van der Waals surface area contributed by atoms with Crippen molar-refractivity contribution in [2.24, 2.45) is 5.92 Å². The van der Waals surface area contributed by atoms with E-state index in [1.54, 1.807) is 0 Å². The highest BCUT2D eigenvalue weighted by atomic mass is 32.0. The molecule has 0 fully saturated rings.